The van der Waals surface area contributed by atoms with Crippen molar-refractivity contribution in [2.45, 2.75) is 18.8 Å². The smallest absolute Gasteiger partial charge is 0.273 e. The minimum atomic E-state index is -0.896. The third kappa shape index (κ3) is 5.59. The van der Waals surface area contributed by atoms with Gasteiger partial charge in [0.2, 0.25) is 11.2 Å². The topological polar surface area (TPSA) is 64.5 Å². The normalized spacial score (nSPS) is 17.0. The number of hydrogen-bond acceptors (Lipinski definition) is 6. The SMILES string of the molecule is O=C1C(Oc2ccc(Cl)cc2Cl)C(c2ccc(Cl)c(Cl)c2)N1c1nnc(COc2ccc(Cl)cc2Cl)s1. The van der Waals surface area contributed by atoms with Gasteiger partial charge in [-0.15, -0.1) is 10.2 Å². The summed E-state index contributed by atoms with van der Waals surface area (Å²) < 4.78 is 11.8. The van der Waals surface area contributed by atoms with Crippen molar-refractivity contribution < 1.29 is 14.3 Å². The number of ether oxygens (including phenoxy) is 2. The van der Waals surface area contributed by atoms with Crippen LogP contribution in [-0.2, 0) is 11.4 Å². The zero-order chi connectivity index (χ0) is 26.3. The van der Waals surface area contributed by atoms with E-state index >= 15 is 0 Å². The fourth-order valence-electron chi connectivity index (χ4n) is 3.65. The quantitative estimate of drug-likeness (QED) is 0.190. The number of amides is 1. The van der Waals surface area contributed by atoms with Crippen LogP contribution in [0.25, 0.3) is 0 Å². The molecule has 1 aliphatic rings. The Bertz CT molecular complexity index is 1500. The summed E-state index contributed by atoms with van der Waals surface area (Å²) in [6, 6.07) is 14.2. The van der Waals surface area contributed by atoms with Gasteiger partial charge in [-0.3, -0.25) is 9.69 Å². The van der Waals surface area contributed by atoms with Crippen LogP contribution in [0.5, 0.6) is 11.5 Å². The van der Waals surface area contributed by atoms with Crippen molar-refractivity contribution in [3.63, 3.8) is 0 Å². The second-order valence-electron chi connectivity index (χ2n) is 7.78. The number of aromatic nitrogens is 2. The summed E-state index contributed by atoms with van der Waals surface area (Å²) in [7, 11) is 0. The maximum atomic E-state index is 13.3. The van der Waals surface area contributed by atoms with E-state index in [9.17, 15) is 4.79 Å². The number of hydrogen-bond donors (Lipinski definition) is 0. The summed E-state index contributed by atoms with van der Waals surface area (Å²) >= 11 is 38.0. The molecular weight excluding hydrogens is 623 g/mol. The molecule has 1 fully saturated rings. The minimum absolute atomic E-state index is 0.0960. The summed E-state index contributed by atoms with van der Waals surface area (Å²) in [5.74, 6) is 0.441. The molecule has 2 unspecified atom stereocenters. The number of carbonyl (C=O) groups excluding carboxylic acids is 1. The highest BCUT2D eigenvalue weighted by molar-refractivity contribution is 7.15. The van der Waals surface area contributed by atoms with E-state index in [4.69, 9.17) is 79.1 Å². The lowest BCUT2D eigenvalue weighted by Gasteiger charge is -2.45. The molecule has 0 bridgehead atoms. The Labute approximate surface area is 245 Å². The number of β-lactam (4-membered cyclic amide) rings is 1. The van der Waals surface area contributed by atoms with Crippen molar-refractivity contribution >= 4 is 92.0 Å². The van der Waals surface area contributed by atoms with Crippen LogP contribution in [0.2, 0.25) is 30.1 Å². The molecule has 5 rings (SSSR count). The van der Waals surface area contributed by atoms with Crippen LogP contribution in [0.15, 0.2) is 54.6 Å². The van der Waals surface area contributed by atoms with E-state index in [1.54, 1.807) is 48.5 Å². The average molecular weight is 636 g/mol. The third-order valence-electron chi connectivity index (χ3n) is 5.39. The number of benzene rings is 3. The summed E-state index contributed by atoms with van der Waals surface area (Å²) in [6.07, 6.45) is -0.896. The van der Waals surface area contributed by atoms with Crippen molar-refractivity contribution in [2.75, 3.05) is 4.90 Å². The molecule has 1 aromatic heterocycles. The Kier molecular flexibility index (Phi) is 7.93. The molecular formula is C24H13Cl6N3O3S. The van der Waals surface area contributed by atoms with E-state index in [-0.39, 0.29) is 17.5 Å². The van der Waals surface area contributed by atoms with Gasteiger partial charge in [-0.1, -0.05) is 87.0 Å². The predicted molar refractivity (Wildman–Crippen MR) is 148 cm³/mol. The summed E-state index contributed by atoms with van der Waals surface area (Å²) in [5.41, 5.74) is 0.699. The summed E-state index contributed by atoms with van der Waals surface area (Å²) in [5, 5.41) is 11.6. The zero-order valence-corrected chi connectivity index (χ0v) is 23.7. The number of rotatable bonds is 7. The van der Waals surface area contributed by atoms with Crippen molar-refractivity contribution in [3.8, 4) is 11.5 Å². The first-order valence-electron chi connectivity index (χ1n) is 10.5. The van der Waals surface area contributed by atoms with E-state index in [0.29, 0.717) is 52.3 Å². The fourth-order valence-corrected chi connectivity index (χ4v) is 5.67. The van der Waals surface area contributed by atoms with Gasteiger partial charge in [-0.2, -0.15) is 0 Å². The van der Waals surface area contributed by atoms with Gasteiger partial charge in [-0.25, -0.2) is 0 Å². The molecule has 6 nitrogen and oxygen atoms in total. The molecule has 3 aromatic carbocycles. The van der Waals surface area contributed by atoms with Crippen LogP contribution in [0, 0.1) is 0 Å². The van der Waals surface area contributed by atoms with Crippen LogP contribution in [-0.4, -0.2) is 22.2 Å². The predicted octanol–water partition coefficient (Wildman–Crippen LogP) is 8.57. The molecule has 1 saturated heterocycles. The van der Waals surface area contributed by atoms with Crippen LogP contribution < -0.4 is 14.4 Å². The first-order chi connectivity index (χ1) is 17.7. The third-order valence-corrected chi connectivity index (χ3v) is 8.08. The lowest BCUT2D eigenvalue weighted by atomic mass is 9.91. The van der Waals surface area contributed by atoms with Gasteiger partial charge in [-0.05, 0) is 54.1 Å². The maximum absolute atomic E-state index is 13.3. The molecule has 2 heterocycles. The monoisotopic (exact) mass is 633 g/mol. The second-order valence-corrected chi connectivity index (χ2v) is 11.3. The van der Waals surface area contributed by atoms with E-state index in [1.165, 1.54) is 22.3 Å². The van der Waals surface area contributed by atoms with Gasteiger partial charge in [0.05, 0.1) is 20.1 Å². The molecule has 190 valence electrons. The molecule has 0 spiro atoms. The number of nitrogens with zero attached hydrogens (tertiary/aromatic N) is 3. The van der Waals surface area contributed by atoms with E-state index < -0.39 is 12.1 Å². The molecule has 1 amide bonds. The molecule has 37 heavy (non-hydrogen) atoms. The highest BCUT2D eigenvalue weighted by Crippen LogP contribution is 2.44. The Morgan fingerprint density at radius 1 is 0.784 bits per heavy atom. The van der Waals surface area contributed by atoms with Gasteiger partial charge >= 0.3 is 0 Å². The van der Waals surface area contributed by atoms with Gasteiger partial charge in [0.15, 0.2) is 5.01 Å². The van der Waals surface area contributed by atoms with E-state index in [2.05, 4.69) is 10.2 Å². The van der Waals surface area contributed by atoms with Crippen molar-refractivity contribution in [2.24, 2.45) is 0 Å². The molecule has 0 N–H and O–H groups in total. The number of halogens is 6. The molecule has 0 aliphatic carbocycles. The van der Waals surface area contributed by atoms with Crippen LogP contribution >= 0.6 is 80.9 Å². The Morgan fingerprint density at radius 2 is 1.46 bits per heavy atom. The summed E-state index contributed by atoms with van der Waals surface area (Å²) in [6.45, 7) is 0.0960. The van der Waals surface area contributed by atoms with Gasteiger partial charge < -0.3 is 9.47 Å². The second kappa shape index (κ2) is 11.0. The Balaban J connectivity index is 1.40. The summed E-state index contributed by atoms with van der Waals surface area (Å²) in [4.78, 5) is 14.8. The van der Waals surface area contributed by atoms with Crippen LogP contribution in [0.1, 0.15) is 16.6 Å². The van der Waals surface area contributed by atoms with Crippen LogP contribution in [0.4, 0.5) is 5.13 Å². The average Bonchev–Trinajstić information content (AvgIpc) is 3.31. The van der Waals surface area contributed by atoms with Gasteiger partial charge in [0, 0.05) is 10.0 Å². The lowest BCUT2D eigenvalue weighted by molar-refractivity contribution is -0.135. The minimum Gasteiger partial charge on any atom is -0.485 e. The largest absolute Gasteiger partial charge is 0.485 e. The van der Waals surface area contributed by atoms with Crippen molar-refractivity contribution in [1.82, 2.24) is 10.2 Å². The highest BCUT2D eigenvalue weighted by Gasteiger charge is 2.52. The number of anilines is 1. The maximum Gasteiger partial charge on any atom is 0.273 e. The Morgan fingerprint density at radius 3 is 2.11 bits per heavy atom. The fraction of sp³-hybridized carbons (Fsp3) is 0.125. The first kappa shape index (κ1) is 26.6. The standard InChI is InChI=1S/C24H13Cl6N3O3S/c25-12-2-5-18(16(29)8-12)35-10-20-31-32-24(37-20)33-21(11-1-4-14(27)15(28)7-11)22(23(33)34)36-19-6-3-13(26)9-17(19)30/h1-9,21-22H,10H2. The van der Waals surface area contributed by atoms with E-state index in [1.807, 2.05) is 0 Å². The molecule has 13 heteroatoms. The molecule has 0 radical (unpaired) electrons. The van der Waals surface area contributed by atoms with Crippen LogP contribution in [0.3, 0.4) is 0 Å². The highest BCUT2D eigenvalue weighted by atomic mass is 35.5. The first-order valence-corrected chi connectivity index (χ1v) is 13.6. The molecule has 2 atom stereocenters. The van der Waals surface area contributed by atoms with Gasteiger partial charge in [0.25, 0.3) is 5.91 Å². The van der Waals surface area contributed by atoms with E-state index in [0.717, 1.165) is 0 Å². The van der Waals surface area contributed by atoms with Crippen molar-refractivity contribution in [1.29, 1.82) is 0 Å². The zero-order valence-electron chi connectivity index (χ0n) is 18.3. The molecule has 0 saturated carbocycles. The number of carbonyl (C=O) groups is 1. The van der Waals surface area contributed by atoms with Crippen molar-refractivity contribution in [3.05, 3.63) is 95.3 Å². The lowest BCUT2D eigenvalue weighted by Crippen LogP contribution is -2.61. The Hall–Kier alpha value is -1.97. The molecule has 1 aliphatic heterocycles. The molecule has 4 aromatic rings. The van der Waals surface area contributed by atoms with Gasteiger partial charge in [0.1, 0.15) is 24.1 Å².